The molecule has 1 amide bonds. The molecule has 1 aliphatic heterocycles. The molecule has 0 saturated carbocycles. The Balaban J connectivity index is 1.71. The molecule has 1 fully saturated rings. The predicted octanol–water partition coefficient (Wildman–Crippen LogP) is 2.46. The predicted molar refractivity (Wildman–Crippen MR) is 117 cm³/mol. The number of aliphatic imine (C=N–C) groups is 1. The fraction of sp³-hybridized carbons (Fsp3) is 0.409. The zero-order chi connectivity index (χ0) is 23.1. The van der Waals surface area contributed by atoms with Gasteiger partial charge in [-0.1, -0.05) is 18.2 Å². The Morgan fingerprint density at radius 1 is 1.12 bits per heavy atom. The van der Waals surface area contributed by atoms with Crippen molar-refractivity contribution in [3.8, 4) is 0 Å². The zero-order valence-electron chi connectivity index (χ0n) is 18.1. The van der Waals surface area contributed by atoms with Crippen LogP contribution in [0.5, 0.6) is 0 Å². The minimum absolute atomic E-state index is 0.0505. The van der Waals surface area contributed by atoms with Gasteiger partial charge >= 0.3 is 6.18 Å². The number of nitrogens with zero attached hydrogens (tertiary/aromatic N) is 5. The molecular formula is C22H27F3N6O. The van der Waals surface area contributed by atoms with E-state index in [0.717, 1.165) is 18.0 Å². The summed E-state index contributed by atoms with van der Waals surface area (Å²) in [6.07, 6.45) is -2.65. The number of benzene rings is 1. The molecule has 1 saturated heterocycles. The third kappa shape index (κ3) is 6.35. The molecule has 2 heterocycles. The van der Waals surface area contributed by atoms with E-state index in [9.17, 15) is 18.0 Å². The highest BCUT2D eigenvalue weighted by Crippen LogP contribution is 2.29. The van der Waals surface area contributed by atoms with Gasteiger partial charge in [0.25, 0.3) is 0 Å². The van der Waals surface area contributed by atoms with Crippen molar-refractivity contribution in [3.05, 3.63) is 59.8 Å². The number of pyridine rings is 1. The SMILES string of the molecule is CN(C)C(=O)CNC(=NCc1cccc(C(F)(F)F)c1)N1CCN(c2ccccn2)CC1. The minimum Gasteiger partial charge on any atom is -0.353 e. The van der Waals surface area contributed by atoms with Gasteiger partial charge in [-0.25, -0.2) is 9.98 Å². The molecule has 0 unspecified atom stereocenters. The molecule has 32 heavy (non-hydrogen) atoms. The van der Waals surface area contributed by atoms with E-state index in [-0.39, 0.29) is 19.0 Å². The van der Waals surface area contributed by atoms with Crippen LogP contribution in [-0.4, -0.2) is 73.5 Å². The molecule has 1 aromatic carbocycles. The lowest BCUT2D eigenvalue weighted by molar-refractivity contribution is -0.137. The van der Waals surface area contributed by atoms with Gasteiger partial charge < -0.3 is 20.0 Å². The van der Waals surface area contributed by atoms with Gasteiger partial charge in [-0.2, -0.15) is 13.2 Å². The number of halogens is 3. The first-order valence-corrected chi connectivity index (χ1v) is 10.3. The molecular weight excluding hydrogens is 421 g/mol. The maximum atomic E-state index is 13.0. The van der Waals surface area contributed by atoms with Crippen LogP contribution in [0.25, 0.3) is 0 Å². The summed E-state index contributed by atoms with van der Waals surface area (Å²) in [5, 5.41) is 3.07. The quantitative estimate of drug-likeness (QED) is 0.563. The monoisotopic (exact) mass is 448 g/mol. The van der Waals surface area contributed by atoms with Crippen LogP contribution in [0, 0.1) is 0 Å². The van der Waals surface area contributed by atoms with Crippen LogP contribution in [0.4, 0.5) is 19.0 Å². The van der Waals surface area contributed by atoms with E-state index in [1.165, 1.54) is 11.0 Å². The van der Waals surface area contributed by atoms with Crippen molar-refractivity contribution in [2.24, 2.45) is 4.99 Å². The van der Waals surface area contributed by atoms with Gasteiger partial charge in [0.2, 0.25) is 5.91 Å². The molecule has 10 heteroatoms. The Morgan fingerprint density at radius 3 is 2.50 bits per heavy atom. The first-order chi connectivity index (χ1) is 15.2. The number of carbonyl (C=O) groups is 1. The van der Waals surface area contributed by atoms with Crippen LogP contribution < -0.4 is 10.2 Å². The van der Waals surface area contributed by atoms with Crippen LogP contribution in [0.15, 0.2) is 53.7 Å². The summed E-state index contributed by atoms with van der Waals surface area (Å²) in [5.41, 5.74) is -0.253. The first kappa shape index (κ1) is 23.4. The van der Waals surface area contributed by atoms with Crippen molar-refractivity contribution in [2.45, 2.75) is 12.7 Å². The second-order valence-corrected chi connectivity index (χ2v) is 7.64. The highest BCUT2D eigenvalue weighted by Gasteiger charge is 2.30. The second kappa shape index (κ2) is 10.3. The van der Waals surface area contributed by atoms with E-state index in [1.807, 2.05) is 23.1 Å². The van der Waals surface area contributed by atoms with Crippen molar-refractivity contribution in [2.75, 3.05) is 51.7 Å². The maximum absolute atomic E-state index is 13.0. The smallest absolute Gasteiger partial charge is 0.353 e. The Labute approximate surface area is 185 Å². The van der Waals surface area contributed by atoms with Gasteiger partial charge in [0, 0.05) is 46.5 Å². The Hall–Kier alpha value is -3.30. The summed E-state index contributed by atoms with van der Waals surface area (Å²) < 4.78 is 39.0. The zero-order valence-corrected chi connectivity index (χ0v) is 18.1. The number of aromatic nitrogens is 1. The number of anilines is 1. The van der Waals surface area contributed by atoms with E-state index < -0.39 is 11.7 Å². The fourth-order valence-corrected chi connectivity index (χ4v) is 3.28. The van der Waals surface area contributed by atoms with Crippen LogP contribution in [0.3, 0.4) is 0 Å². The summed E-state index contributed by atoms with van der Waals surface area (Å²) in [7, 11) is 3.32. The molecule has 7 nitrogen and oxygen atoms in total. The van der Waals surface area contributed by atoms with Crippen molar-refractivity contribution in [1.29, 1.82) is 0 Å². The van der Waals surface area contributed by atoms with Gasteiger partial charge in [-0.15, -0.1) is 0 Å². The molecule has 0 atom stereocenters. The Kier molecular flexibility index (Phi) is 7.55. The second-order valence-electron chi connectivity index (χ2n) is 7.64. The number of carbonyl (C=O) groups excluding carboxylic acids is 1. The van der Waals surface area contributed by atoms with Crippen LogP contribution in [-0.2, 0) is 17.5 Å². The highest BCUT2D eigenvalue weighted by molar-refractivity contribution is 5.86. The van der Waals surface area contributed by atoms with Crippen molar-refractivity contribution in [3.63, 3.8) is 0 Å². The topological polar surface area (TPSA) is 64.1 Å². The van der Waals surface area contributed by atoms with Gasteiger partial charge in [0.1, 0.15) is 5.82 Å². The van der Waals surface area contributed by atoms with E-state index in [4.69, 9.17) is 0 Å². The number of hydrogen-bond acceptors (Lipinski definition) is 4. The first-order valence-electron chi connectivity index (χ1n) is 10.3. The molecule has 0 aliphatic carbocycles. The molecule has 1 aromatic heterocycles. The van der Waals surface area contributed by atoms with Gasteiger partial charge in [-0.3, -0.25) is 4.79 Å². The molecule has 0 spiro atoms. The van der Waals surface area contributed by atoms with E-state index >= 15 is 0 Å². The lowest BCUT2D eigenvalue weighted by Gasteiger charge is -2.37. The highest BCUT2D eigenvalue weighted by atomic mass is 19.4. The third-order valence-corrected chi connectivity index (χ3v) is 5.11. The average Bonchev–Trinajstić information content (AvgIpc) is 2.79. The number of rotatable bonds is 5. The number of piperazine rings is 1. The van der Waals surface area contributed by atoms with Crippen molar-refractivity contribution < 1.29 is 18.0 Å². The Bertz CT molecular complexity index is 925. The lowest BCUT2D eigenvalue weighted by Crippen LogP contribution is -2.53. The third-order valence-electron chi connectivity index (χ3n) is 5.11. The molecule has 0 radical (unpaired) electrons. The van der Waals surface area contributed by atoms with Gasteiger partial charge in [0.05, 0.1) is 18.7 Å². The van der Waals surface area contributed by atoms with Crippen LogP contribution in [0.2, 0.25) is 0 Å². The van der Waals surface area contributed by atoms with E-state index in [0.29, 0.717) is 37.7 Å². The summed E-state index contributed by atoms with van der Waals surface area (Å²) in [5.74, 6) is 1.27. The fourth-order valence-electron chi connectivity index (χ4n) is 3.28. The van der Waals surface area contributed by atoms with Crippen molar-refractivity contribution >= 4 is 17.7 Å². The molecule has 2 aromatic rings. The van der Waals surface area contributed by atoms with Gasteiger partial charge in [0.15, 0.2) is 5.96 Å². The van der Waals surface area contributed by atoms with Crippen molar-refractivity contribution in [1.82, 2.24) is 20.1 Å². The maximum Gasteiger partial charge on any atom is 0.416 e. The summed E-state index contributed by atoms with van der Waals surface area (Å²) >= 11 is 0. The van der Waals surface area contributed by atoms with Crippen LogP contribution in [0.1, 0.15) is 11.1 Å². The minimum atomic E-state index is -4.40. The summed E-state index contributed by atoms with van der Waals surface area (Å²) in [6, 6.07) is 10.9. The lowest BCUT2D eigenvalue weighted by atomic mass is 10.1. The van der Waals surface area contributed by atoms with Crippen LogP contribution >= 0.6 is 0 Å². The molecule has 1 N–H and O–H groups in total. The molecule has 0 bridgehead atoms. The standard InChI is InChI=1S/C22H27F3N6O/c1-29(2)20(32)16-28-21(27-15-17-6-5-7-18(14-17)22(23,24)25)31-12-10-30(11-13-31)19-8-3-4-9-26-19/h3-9,14H,10-13,15-16H2,1-2H3,(H,27,28). The molecule has 1 aliphatic rings. The molecule has 3 rings (SSSR count). The molecule has 172 valence electrons. The average molecular weight is 448 g/mol. The number of guanidine groups is 1. The number of alkyl halides is 3. The number of hydrogen-bond donors (Lipinski definition) is 1. The van der Waals surface area contributed by atoms with Gasteiger partial charge in [-0.05, 0) is 29.8 Å². The number of nitrogens with one attached hydrogen (secondary N) is 1. The largest absolute Gasteiger partial charge is 0.416 e. The summed E-state index contributed by atoms with van der Waals surface area (Å²) in [4.78, 5) is 26.6. The number of amides is 1. The van der Waals surface area contributed by atoms with E-state index in [2.05, 4.69) is 20.2 Å². The normalized spacial score (nSPS) is 15.0. The summed E-state index contributed by atoms with van der Waals surface area (Å²) in [6.45, 7) is 2.83. The van der Waals surface area contributed by atoms with E-state index in [1.54, 1.807) is 26.4 Å². The number of likely N-dealkylation sites (N-methyl/N-ethyl adjacent to an activating group) is 1. The Morgan fingerprint density at radius 2 is 1.88 bits per heavy atom.